The van der Waals surface area contributed by atoms with Crippen molar-refractivity contribution in [3.05, 3.63) is 89.6 Å². The van der Waals surface area contributed by atoms with E-state index in [1.807, 2.05) is 17.5 Å². The molecule has 0 bridgehead atoms. The molecule has 0 saturated carbocycles. The SMILES string of the molecule is Cc1cc(C)cc(-c2cccc3sc4c(-c5cc(C(C)C)ccn5)cccc4c23)c1. The van der Waals surface area contributed by atoms with Crippen LogP contribution in [0, 0.1) is 13.8 Å². The summed E-state index contributed by atoms with van der Waals surface area (Å²) in [5.74, 6) is 0.490. The number of aryl methyl sites for hydroxylation is 2. The van der Waals surface area contributed by atoms with E-state index >= 15 is 0 Å². The lowest BCUT2D eigenvalue weighted by atomic mass is 9.95. The number of hydrogen-bond donors (Lipinski definition) is 0. The smallest absolute Gasteiger partial charge is 0.0719 e. The van der Waals surface area contributed by atoms with Gasteiger partial charge in [-0.15, -0.1) is 11.3 Å². The lowest BCUT2D eigenvalue weighted by Gasteiger charge is -2.09. The molecule has 2 aromatic heterocycles. The Bertz CT molecular complexity index is 1370. The van der Waals surface area contributed by atoms with Gasteiger partial charge in [0.2, 0.25) is 0 Å². The Morgan fingerprint density at radius 2 is 1.53 bits per heavy atom. The maximum Gasteiger partial charge on any atom is 0.0719 e. The highest BCUT2D eigenvalue weighted by Gasteiger charge is 2.15. The van der Waals surface area contributed by atoms with Crippen LogP contribution in [0.4, 0.5) is 0 Å². The fourth-order valence-corrected chi connectivity index (χ4v) is 5.62. The quantitative estimate of drug-likeness (QED) is 0.292. The predicted octanol–water partition coefficient (Wildman–Crippen LogP) is 8.52. The molecular weight excluding hydrogens is 382 g/mol. The second kappa shape index (κ2) is 7.37. The van der Waals surface area contributed by atoms with Crippen molar-refractivity contribution in [3.63, 3.8) is 0 Å². The lowest BCUT2D eigenvalue weighted by Crippen LogP contribution is -1.90. The van der Waals surface area contributed by atoms with Crippen LogP contribution in [-0.4, -0.2) is 4.98 Å². The van der Waals surface area contributed by atoms with Crippen molar-refractivity contribution in [3.8, 4) is 22.4 Å². The molecular formula is C28H25NS. The Labute approximate surface area is 182 Å². The topological polar surface area (TPSA) is 12.9 Å². The van der Waals surface area contributed by atoms with Gasteiger partial charge < -0.3 is 0 Å². The number of hydrogen-bond acceptors (Lipinski definition) is 2. The fourth-order valence-electron chi connectivity index (χ4n) is 4.37. The first-order chi connectivity index (χ1) is 14.5. The molecule has 0 radical (unpaired) electrons. The summed E-state index contributed by atoms with van der Waals surface area (Å²) in [5, 5.41) is 2.67. The number of rotatable bonds is 3. The lowest BCUT2D eigenvalue weighted by molar-refractivity contribution is 0.864. The Kier molecular flexibility index (Phi) is 4.67. The van der Waals surface area contributed by atoms with Crippen LogP contribution in [0.2, 0.25) is 0 Å². The normalized spacial score (nSPS) is 11.6. The standard InChI is InChI=1S/C28H25NS/c1-17(2)20-11-12-29-25(16-20)23-8-5-9-24-27-22(7-6-10-26(27)30-28(23)24)21-14-18(3)13-19(4)15-21/h5-17H,1-4H3. The molecule has 0 amide bonds. The Balaban J connectivity index is 1.79. The molecule has 0 saturated heterocycles. The summed E-state index contributed by atoms with van der Waals surface area (Å²) in [7, 11) is 0. The van der Waals surface area contributed by atoms with Gasteiger partial charge in [-0.3, -0.25) is 4.98 Å². The van der Waals surface area contributed by atoms with Gasteiger partial charge in [-0.2, -0.15) is 0 Å². The van der Waals surface area contributed by atoms with Crippen LogP contribution in [0.1, 0.15) is 36.5 Å². The summed E-state index contributed by atoms with van der Waals surface area (Å²) in [6, 6.07) is 24.5. The zero-order valence-electron chi connectivity index (χ0n) is 17.9. The minimum absolute atomic E-state index is 0.490. The van der Waals surface area contributed by atoms with Crippen LogP contribution in [0.15, 0.2) is 72.9 Å². The summed E-state index contributed by atoms with van der Waals surface area (Å²) in [4.78, 5) is 4.72. The summed E-state index contributed by atoms with van der Waals surface area (Å²) >= 11 is 1.87. The fraction of sp³-hybridized carbons (Fsp3) is 0.179. The summed E-state index contributed by atoms with van der Waals surface area (Å²) < 4.78 is 2.65. The highest BCUT2D eigenvalue weighted by molar-refractivity contribution is 7.26. The van der Waals surface area contributed by atoms with Crippen LogP contribution in [0.25, 0.3) is 42.6 Å². The van der Waals surface area contributed by atoms with E-state index in [2.05, 4.69) is 94.4 Å². The largest absolute Gasteiger partial charge is 0.256 e. The van der Waals surface area contributed by atoms with Gasteiger partial charge in [-0.25, -0.2) is 0 Å². The molecule has 5 aromatic rings. The molecule has 0 N–H and O–H groups in total. The molecule has 0 fully saturated rings. The molecule has 148 valence electrons. The van der Waals surface area contributed by atoms with Gasteiger partial charge >= 0.3 is 0 Å². The minimum atomic E-state index is 0.490. The molecule has 0 atom stereocenters. The van der Waals surface area contributed by atoms with E-state index in [1.165, 1.54) is 53.6 Å². The average molecular weight is 408 g/mol. The zero-order valence-corrected chi connectivity index (χ0v) is 18.7. The van der Waals surface area contributed by atoms with Gasteiger partial charge in [-0.1, -0.05) is 73.5 Å². The third-order valence-electron chi connectivity index (χ3n) is 5.78. The van der Waals surface area contributed by atoms with Gasteiger partial charge in [0.05, 0.1) is 5.69 Å². The number of aromatic nitrogens is 1. The summed E-state index contributed by atoms with van der Waals surface area (Å²) in [5.41, 5.74) is 8.83. The van der Waals surface area contributed by atoms with Crippen molar-refractivity contribution in [1.29, 1.82) is 0 Å². The third kappa shape index (κ3) is 3.22. The van der Waals surface area contributed by atoms with E-state index in [0.29, 0.717) is 5.92 Å². The van der Waals surface area contributed by atoms with Gasteiger partial charge in [0.15, 0.2) is 0 Å². The number of fused-ring (bicyclic) bond motifs is 3. The van der Waals surface area contributed by atoms with Crippen LogP contribution < -0.4 is 0 Å². The number of pyridine rings is 1. The van der Waals surface area contributed by atoms with Gasteiger partial charge in [-0.05, 0) is 54.7 Å². The summed E-state index contributed by atoms with van der Waals surface area (Å²) in [6.07, 6.45) is 1.94. The monoisotopic (exact) mass is 407 g/mol. The maximum absolute atomic E-state index is 4.72. The van der Waals surface area contributed by atoms with Crippen LogP contribution in [0.3, 0.4) is 0 Å². The van der Waals surface area contributed by atoms with E-state index in [9.17, 15) is 0 Å². The molecule has 0 aliphatic rings. The van der Waals surface area contributed by atoms with E-state index in [-0.39, 0.29) is 0 Å². The molecule has 5 rings (SSSR count). The van der Waals surface area contributed by atoms with Crippen molar-refractivity contribution >= 4 is 31.5 Å². The minimum Gasteiger partial charge on any atom is -0.256 e. The first-order valence-corrected chi connectivity index (χ1v) is 11.3. The highest BCUT2D eigenvalue weighted by atomic mass is 32.1. The van der Waals surface area contributed by atoms with Gasteiger partial charge in [0.1, 0.15) is 0 Å². The van der Waals surface area contributed by atoms with Crippen molar-refractivity contribution in [2.24, 2.45) is 0 Å². The van der Waals surface area contributed by atoms with E-state index in [1.54, 1.807) is 0 Å². The molecule has 0 aliphatic carbocycles. The predicted molar refractivity (Wildman–Crippen MR) is 132 cm³/mol. The Morgan fingerprint density at radius 1 is 0.800 bits per heavy atom. The molecule has 2 heterocycles. The Morgan fingerprint density at radius 3 is 2.30 bits per heavy atom. The number of thiophene rings is 1. The maximum atomic E-state index is 4.72. The van der Waals surface area contributed by atoms with Crippen molar-refractivity contribution in [2.75, 3.05) is 0 Å². The van der Waals surface area contributed by atoms with Gasteiger partial charge in [0.25, 0.3) is 0 Å². The second-order valence-electron chi connectivity index (χ2n) is 8.47. The van der Waals surface area contributed by atoms with Crippen LogP contribution in [-0.2, 0) is 0 Å². The number of nitrogens with zero attached hydrogens (tertiary/aromatic N) is 1. The zero-order chi connectivity index (χ0) is 20.8. The van der Waals surface area contributed by atoms with E-state index in [0.717, 1.165) is 5.69 Å². The van der Waals surface area contributed by atoms with Gasteiger partial charge in [0, 0.05) is 31.9 Å². The first-order valence-electron chi connectivity index (χ1n) is 10.5. The molecule has 0 aliphatic heterocycles. The van der Waals surface area contributed by atoms with Crippen molar-refractivity contribution in [1.82, 2.24) is 4.98 Å². The van der Waals surface area contributed by atoms with E-state index in [4.69, 9.17) is 4.98 Å². The molecule has 30 heavy (non-hydrogen) atoms. The summed E-state index contributed by atoms with van der Waals surface area (Å²) in [6.45, 7) is 8.81. The third-order valence-corrected chi connectivity index (χ3v) is 6.99. The van der Waals surface area contributed by atoms with E-state index < -0.39 is 0 Å². The first kappa shape index (κ1) is 19.0. The molecule has 1 nitrogen and oxygen atoms in total. The number of benzene rings is 3. The van der Waals surface area contributed by atoms with Crippen LogP contribution >= 0.6 is 11.3 Å². The second-order valence-corrected chi connectivity index (χ2v) is 9.52. The Hall–Kier alpha value is -2.97. The molecule has 0 unspecified atom stereocenters. The molecule has 2 heteroatoms. The van der Waals surface area contributed by atoms with Crippen molar-refractivity contribution in [2.45, 2.75) is 33.6 Å². The van der Waals surface area contributed by atoms with Crippen LogP contribution in [0.5, 0.6) is 0 Å². The highest BCUT2D eigenvalue weighted by Crippen LogP contribution is 2.43. The van der Waals surface area contributed by atoms with Crippen molar-refractivity contribution < 1.29 is 0 Å². The molecule has 3 aromatic carbocycles. The molecule has 0 spiro atoms. The average Bonchev–Trinajstić information content (AvgIpc) is 3.12.